The number of pyridine rings is 1. The van der Waals surface area contributed by atoms with Crippen molar-refractivity contribution in [3.8, 4) is 0 Å². The van der Waals surface area contributed by atoms with E-state index in [2.05, 4.69) is 15.6 Å². The van der Waals surface area contributed by atoms with Gasteiger partial charge in [-0.3, -0.25) is 14.4 Å². The van der Waals surface area contributed by atoms with Gasteiger partial charge in [0.05, 0.1) is 11.4 Å². The van der Waals surface area contributed by atoms with Gasteiger partial charge < -0.3 is 10.6 Å². The smallest absolute Gasteiger partial charge is 0.284 e. The molecule has 0 aromatic carbocycles. The van der Waals surface area contributed by atoms with Crippen LogP contribution in [0.5, 0.6) is 0 Å². The van der Waals surface area contributed by atoms with E-state index in [1.54, 1.807) is 12.1 Å². The molecule has 1 aliphatic carbocycles. The number of ketones is 1. The van der Waals surface area contributed by atoms with Gasteiger partial charge in [-0.2, -0.15) is 8.42 Å². The molecule has 2 N–H and O–H groups in total. The highest BCUT2D eigenvalue weighted by Gasteiger charge is 2.51. The molecule has 2 atom stereocenters. The van der Waals surface area contributed by atoms with Gasteiger partial charge in [-0.05, 0) is 62.3 Å². The highest BCUT2D eigenvalue weighted by molar-refractivity contribution is 7.89. The third-order valence-corrected chi connectivity index (χ3v) is 11.1. The number of thiophene rings is 2. The molecule has 38 heavy (non-hydrogen) atoms. The largest absolute Gasteiger partial charge is 0.337 e. The Kier molecular flexibility index (Phi) is 7.67. The van der Waals surface area contributed by atoms with Crippen LogP contribution < -0.4 is 10.6 Å². The number of amides is 2. The summed E-state index contributed by atoms with van der Waals surface area (Å²) in [4.78, 5) is 45.7. The number of sulfonamides is 1. The van der Waals surface area contributed by atoms with Crippen LogP contribution in [-0.2, 0) is 19.6 Å². The van der Waals surface area contributed by atoms with E-state index in [1.165, 1.54) is 41.0 Å². The fourth-order valence-electron chi connectivity index (χ4n) is 5.25. The van der Waals surface area contributed by atoms with E-state index < -0.39 is 33.4 Å². The number of hydrogen-bond donors (Lipinski definition) is 2. The predicted octanol–water partition coefficient (Wildman–Crippen LogP) is 3.72. The SMILES string of the molecule is C[C@@H]1CC[C@H](N(C(=O)C2(NC(=O)c3cc4sccc4s3)CCCCC2)S(=O)(=O)c2ccccn2)C(=O)CN1. The third kappa shape index (κ3) is 5.14. The molecule has 2 aliphatic rings. The normalized spacial score (nSPS) is 22.1. The van der Waals surface area contributed by atoms with E-state index in [0.29, 0.717) is 37.0 Å². The molecule has 0 spiro atoms. The van der Waals surface area contributed by atoms with E-state index in [9.17, 15) is 22.8 Å². The van der Waals surface area contributed by atoms with Crippen molar-refractivity contribution in [2.45, 2.75) is 74.5 Å². The summed E-state index contributed by atoms with van der Waals surface area (Å²) in [5, 5.41) is 7.70. The molecular weight excluding hydrogens is 545 g/mol. The lowest BCUT2D eigenvalue weighted by molar-refractivity contribution is -0.140. The van der Waals surface area contributed by atoms with Crippen molar-refractivity contribution in [3.63, 3.8) is 0 Å². The number of rotatable bonds is 6. The van der Waals surface area contributed by atoms with Crippen molar-refractivity contribution in [1.82, 2.24) is 19.9 Å². The molecule has 1 saturated carbocycles. The molecule has 1 saturated heterocycles. The van der Waals surface area contributed by atoms with Crippen LogP contribution in [0.15, 0.2) is 46.9 Å². The Morgan fingerprint density at radius 1 is 1.13 bits per heavy atom. The Labute approximate surface area is 229 Å². The van der Waals surface area contributed by atoms with Gasteiger partial charge in [0.2, 0.25) is 0 Å². The number of fused-ring (bicyclic) bond motifs is 1. The number of aromatic nitrogens is 1. The van der Waals surface area contributed by atoms with Crippen LogP contribution in [0.4, 0.5) is 0 Å². The number of carbonyl (C=O) groups excluding carboxylic acids is 3. The van der Waals surface area contributed by atoms with E-state index in [0.717, 1.165) is 20.1 Å². The second kappa shape index (κ2) is 10.8. The molecule has 3 aromatic rings. The van der Waals surface area contributed by atoms with Gasteiger partial charge in [0.15, 0.2) is 10.8 Å². The molecule has 1 aliphatic heterocycles. The lowest BCUT2D eigenvalue weighted by Gasteiger charge is -2.41. The van der Waals surface area contributed by atoms with Crippen molar-refractivity contribution in [2.75, 3.05) is 6.54 Å². The van der Waals surface area contributed by atoms with E-state index in [-0.39, 0.29) is 29.8 Å². The Bertz CT molecular complexity index is 1420. The topological polar surface area (TPSA) is 126 Å². The van der Waals surface area contributed by atoms with E-state index in [1.807, 2.05) is 18.4 Å². The predicted molar refractivity (Wildman–Crippen MR) is 147 cm³/mol. The minimum absolute atomic E-state index is 0.00509. The second-order valence-corrected chi connectivity index (χ2v) is 13.8. The van der Waals surface area contributed by atoms with Crippen molar-refractivity contribution in [1.29, 1.82) is 0 Å². The van der Waals surface area contributed by atoms with Gasteiger partial charge in [0.25, 0.3) is 21.8 Å². The monoisotopic (exact) mass is 574 g/mol. The van der Waals surface area contributed by atoms with Gasteiger partial charge >= 0.3 is 0 Å². The molecule has 4 heterocycles. The summed E-state index contributed by atoms with van der Waals surface area (Å²) in [6, 6.07) is 6.98. The average molecular weight is 575 g/mol. The van der Waals surface area contributed by atoms with Crippen LogP contribution in [0.2, 0.25) is 0 Å². The van der Waals surface area contributed by atoms with E-state index >= 15 is 0 Å². The molecule has 9 nitrogen and oxygen atoms in total. The zero-order valence-electron chi connectivity index (χ0n) is 21.0. The Morgan fingerprint density at radius 3 is 2.63 bits per heavy atom. The van der Waals surface area contributed by atoms with Gasteiger partial charge in [-0.25, -0.2) is 9.29 Å². The molecule has 12 heteroatoms. The number of carbonyl (C=O) groups is 3. The maximum Gasteiger partial charge on any atom is 0.284 e. The molecular formula is C26H30N4O5S3. The van der Waals surface area contributed by atoms with Crippen LogP contribution >= 0.6 is 22.7 Å². The van der Waals surface area contributed by atoms with Crippen LogP contribution in [0.3, 0.4) is 0 Å². The number of hydrogen-bond acceptors (Lipinski definition) is 9. The van der Waals surface area contributed by atoms with Crippen molar-refractivity contribution >= 4 is 59.7 Å². The summed E-state index contributed by atoms with van der Waals surface area (Å²) >= 11 is 2.87. The maximum absolute atomic E-state index is 14.5. The lowest BCUT2D eigenvalue weighted by atomic mass is 9.80. The van der Waals surface area contributed by atoms with Gasteiger partial charge in [0.1, 0.15) is 11.6 Å². The van der Waals surface area contributed by atoms with Crippen molar-refractivity contribution in [2.24, 2.45) is 0 Å². The molecule has 2 amide bonds. The average Bonchev–Trinajstić information content (AvgIpc) is 3.49. The van der Waals surface area contributed by atoms with Gasteiger partial charge in [-0.1, -0.05) is 25.3 Å². The lowest BCUT2D eigenvalue weighted by Crippen LogP contribution is -2.64. The fourth-order valence-corrected chi connectivity index (χ4v) is 8.85. The fraction of sp³-hybridized carbons (Fsp3) is 0.462. The molecule has 202 valence electrons. The first-order valence-electron chi connectivity index (χ1n) is 12.8. The van der Waals surface area contributed by atoms with Crippen molar-refractivity contribution < 1.29 is 22.8 Å². The summed E-state index contributed by atoms with van der Waals surface area (Å²) in [5.41, 5.74) is -1.44. The summed E-state index contributed by atoms with van der Waals surface area (Å²) < 4.78 is 30.7. The number of nitrogens with one attached hydrogen (secondary N) is 2. The molecule has 2 fully saturated rings. The Morgan fingerprint density at radius 2 is 1.92 bits per heavy atom. The third-order valence-electron chi connectivity index (χ3n) is 7.35. The standard InChI is InChI=1S/C26H30N4O5S3/c1-17-8-9-18(19(31)16-28-17)30(38(34,35)23-7-3-6-13-27-23)25(33)26(11-4-2-5-12-26)29-24(32)22-15-21-20(37-22)10-14-36-21/h3,6-7,10,13-15,17-18,28H,2,4-5,8-9,11-12,16H2,1H3,(H,29,32)/t17-,18+/m1/s1. The highest BCUT2D eigenvalue weighted by Crippen LogP contribution is 2.36. The van der Waals surface area contributed by atoms with Gasteiger partial charge in [0, 0.05) is 21.6 Å². The number of Topliss-reactive ketones (excluding diaryl/α,β-unsaturated/α-hetero) is 1. The minimum Gasteiger partial charge on any atom is -0.337 e. The zero-order chi connectivity index (χ0) is 26.9. The Balaban J connectivity index is 1.56. The quantitative estimate of drug-likeness (QED) is 0.460. The number of nitrogens with zero attached hydrogens (tertiary/aromatic N) is 2. The first-order chi connectivity index (χ1) is 18.2. The zero-order valence-corrected chi connectivity index (χ0v) is 23.5. The summed E-state index contributed by atoms with van der Waals surface area (Å²) in [6.07, 6.45) is 4.81. The second-order valence-electron chi connectivity index (χ2n) is 9.97. The molecule has 0 bridgehead atoms. The van der Waals surface area contributed by atoms with E-state index in [4.69, 9.17) is 0 Å². The molecule has 0 unspecified atom stereocenters. The van der Waals surface area contributed by atoms with Crippen molar-refractivity contribution in [3.05, 3.63) is 46.8 Å². The summed E-state index contributed by atoms with van der Waals surface area (Å²) in [6.45, 7) is 1.88. The summed E-state index contributed by atoms with van der Waals surface area (Å²) in [7, 11) is -4.49. The van der Waals surface area contributed by atoms with Crippen LogP contribution in [0.1, 0.15) is 61.5 Å². The maximum atomic E-state index is 14.5. The highest BCUT2D eigenvalue weighted by atomic mass is 32.2. The Hall–Kier alpha value is -2.67. The van der Waals surface area contributed by atoms with Crippen LogP contribution in [0, 0.1) is 0 Å². The summed E-state index contributed by atoms with van der Waals surface area (Å²) in [5.74, 6) is -1.55. The van der Waals surface area contributed by atoms with Gasteiger partial charge in [-0.15, -0.1) is 22.7 Å². The minimum atomic E-state index is -4.49. The first-order valence-corrected chi connectivity index (χ1v) is 15.9. The van der Waals surface area contributed by atoms with Crippen LogP contribution in [0.25, 0.3) is 9.40 Å². The molecule has 5 rings (SSSR count). The van der Waals surface area contributed by atoms with Crippen LogP contribution in [-0.4, -0.2) is 59.5 Å². The first kappa shape index (κ1) is 26.9. The molecule has 0 radical (unpaired) electrons. The molecule has 3 aromatic heterocycles.